The standard InChI is InChI=1S/C17H21N3O2S/c1-2-16-19-13(11-23-16)9-18-17(22)20-8-7-12-5-3-4-6-14(12)15(20)10-21/h3-6,11,15,21H,2,7-10H2,1H3,(H,18,22). The molecule has 0 aliphatic carbocycles. The third kappa shape index (κ3) is 3.38. The van der Waals surface area contributed by atoms with Crippen LogP contribution in [-0.4, -0.2) is 34.2 Å². The van der Waals surface area contributed by atoms with Crippen LogP contribution in [-0.2, 0) is 19.4 Å². The number of aromatic nitrogens is 1. The number of urea groups is 1. The van der Waals surface area contributed by atoms with Crippen LogP contribution in [0.4, 0.5) is 4.79 Å². The van der Waals surface area contributed by atoms with Crippen molar-refractivity contribution in [1.82, 2.24) is 15.2 Å². The first-order chi connectivity index (χ1) is 11.2. The Morgan fingerprint density at radius 2 is 2.30 bits per heavy atom. The number of aryl methyl sites for hydroxylation is 1. The molecule has 122 valence electrons. The van der Waals surface area contributed by atoms with Gasteiger partial charge in [-0.25, -0.2) is 9.78 Å². The van der Waals surface area contributed by atoms with Gasteiger partial charge in [-0.2, -0.15) is 0 Å². The second-order valence-electron chi connectivity index (χ2n) is 5.59. The Balaban J connectivity index is 1.67. The molecule has 1 atom stereocenters. The fraction of sp³-hybridized carbons (Fsp3) is 0.412. The second-order valence-corrected chi connectivity index (χ2v) is 6.53. The van der Waals surface area contributed by atoms with E-state index in [4.69, 9.17) is 0 Å². The smallest absolute Gasteiger partial charge is 0.318 e. The van der Waals surface area contributed by atoms with Crippen LogP contribution < -0.4 is 5.32 Å². The highest BCUT2D eigenvalue weighted by molar-refractivity contribution is 7.09. The van der Waals surface area contributed by atoms with Gasteiger partial charge in [0.25, 0.3) is 0 Å². The highest BCUT2D eigenvalue weighted by atomic mass is 32.1. The number of nitrogens with zero attached hydrogens (tertiary/aromatic N) is 2. The fourth-order valence-electron chi connectivity index (χ4n) is 2.95. The Morgan fingerprint density at radius 3 is 3.04 bits per heavy atom. The maximum atomic E-state index is 12.5. The molecule has 0 saturated heterocycles. The van der Waals surface area contributed by atoms with E-state index in [1.807, 2.05) is 23.6 Å². The lowest BCUT2D eigenvalue weighted by molar-refractivity contribution is 0.126. The highest BCUT2D eigenvalue weighted by Crippen LogP contribution is 2.29. The van der Waals surface area contributed by atoms with E-state index in [2.05, 4.69) is 23.3 Å². The molecule has 3 rings (SSSR count). The molecule has 2 N–H and O–H groups in total. The van der Waals surface area contributed by atoms with Crippen LogP contribution in [0.2, 0.25) is 0 Å². The van der Waals surface area contributed by atoms with Crippen molar-refractivity contribution >= 4 is 17.4 Å². The Morgan fingerprint density at radius 1 is 1.48 bits per heavy atom. The summed E-state index contributed by atoms with van der Waals surface area (Å²) in [4.78, 5) is 18.7. The summed E-state index contributed by atoms with van der Waals surface area (Å²) in [5.74, 6) is 0. The van der Waals surface area contributed by atoms with E-state index in [1.54, 1.807) is 16.2 Å². The number of amides is 2. The SMILES string of the molecule is CCc1nc(CNC(=O)N2CCc3ccccc3C2CO)cs1. The molecule has 1 aliphatic heterocycles. The Kier molecular flexibility index (Phi) is 4.93. The van der Waals surface area contributed by atoms with Gasteiger partial charge in [-0.05, 0) is 24.0 Å². The first-order valence-electron chi connectivity index (χ1n) is 7.89. The molecule has 0 radical (unpaired) electrons. The monoisotopic (exact) mass is 331 g/mol. The van der Waals surface area contributed by atoms with E-state index < -0.39 is 0 Å². The molecule has 0 spiro atoms. The summed E-state index contributed by atoms with van der Waals surface area (Å²) in [7, 11) is 0. The molecule has 23 heavy (non-hydrogen) atoms. The van der Waals surface area contributed by atoms with Gasteiger partial charge < -0.3 is 15.3 Å². The zero-order valence-electron chi connectivity index (χ0n) is 13.2. The van der Waals surface area contributed by atoms with Crippen LogP contribution in [0, 0.1) is 0 Å². The number of aliphatic hydroxyl groups is 1. The van der Waals surface area contributed by atoms with Crippen LogP contribution in [0.3, 0.4) is 0 Å². The van der Waals surface area contributed by atoms with Gasteiger partial charge in [-0.3, -0.25) is 0 Å². The molecule has 2 amide bonds. The molecule has 0 fully saturated rings. The van der Waals surface area contributed by atoms with Crippen molar-refractivity contribution in [3.63, 3.8) is 0 Å². The summed E-state index contributed by atoms with van der Waals surface area (Å²) in [5, 5.41) is 15.7. The number of thiazole rings is 1. The van der Waals surface area contributed by atoms with Crippen LogP contribution in [0.1, 0.15) is 34.8 Å². The number of benzene rings is 1. The van der Waals surface area contributed by atoms with Crippen molar-refractivity contribution in [3.05, 3.63) is 51.5 Å². The van der Waals surface area contributed by atoms with Gasteiger partial charge >= 0.3 is 6.03 Å². The molecular formula is C17H21N3O2S. The molecule has 1 aliphatic rings. The topological polar surface area (TPSA) is 65.5 Å². The lowest BCUT2D eigenvalue weighted by Gasteiger charge is -2.36. The van der Waals surface area contributed by atoms with Gasteiger partial charge in [0.1, 0.15) is 0 Å². The Hall–Kier alpha value is -1.92. The van der Waals surface area contributed by atoms with E-state index in [0.29, 0.717) is 13.1 Å². The third-order valence-corrected chi connectivity index (χ3v) is 5.21. The lowest BCUT2D eigenvalue weighted by Crippen LogP contribution is -2.46. The summed E-state index contributed by atoms with van der Waals surface area (Å²) in [5.41, 5.74) is 3.14. The summed E-state index contributed by atoms with van der Waals surface area (Å²) >= 11 is 1.62. The number of nitrogens with one attached hydrogen (secondary N) is 1. The summed E-state index contributed by atoms with van der Waals surface area (Å²) < 4.78 is 0. The number of carbonyl (C=O) groups is 1. The van der Waals surface area contributed by atoms with Crippen LogP contribution in [0.5, 0.6) is 0 Å². The predicted octanol–water partition coefficient (Wildman–Crippen LogP) is 2.51. The van der Waals surface area contributed by atoms with Crippen LogP contribution in [0.25, 0.3) is 0 Å². The van der Waals surface area contributed by atoms with Crippen molar-refractivity contribution in [2.45, 2.75) is 32.4 Å². The van der Waals surface area contributed by atoms with Gasteiger partial charge in [0.05, 0.1) is 29.9 Å². The molecule has 5 nitrogen and oxygen atoms in total. The quantitative estimate of drug-likeness (QED) is 0.905. The number of hydrogen-bond donors (Lipinski definition) is 2. The predicted molar refractivity (Wildman–Crippen MR) is 90.4 cm³/mol. The molecule has 0 bridgehead atoms. The highest BCUT2D eigenvalue weighted by Gasteiger charge is 2.29. The number of hydrogen-bond acceptors (Lipinski definition) is 4. The summed E-state index contributed by atoms with van der Waals surface area (Å²) in [6.07, 6.45) is 1.73. The average Bonchev–Trinajstić information content (AvgIpc) is 3.06. The zero-order valence-corrected chi connectivity index (χ0v) is 14.0. The minimum Gasteiger partial charge on any atom is -0.394 e. The Labute approximate surface area is 140 Å². The average molecular weight is 331 g/mol. The second kappa shape index (κ2) is 7.10. The maximum absolute atomic E-state index is 12.5. The van der Waals surface area contributed by atoms with E-state index in [1.165, 1.54) is 5.56 Å². The number of fused-ring (bicyclic) bond motifs is 1. The molecule has 2 heterocycles. The van der Waals surface area contributed by atoms with Crippen molar-refractivity contribution in [2.24, 2.45) is 0 Å². The Bertz CT molecular complexity index is 686. The van der Waals surface area contributed by atoms with Crippen LogP contribution >= 0.6 is 11.3 Å². The minimum absolute atomic E-state index is 0.0683. The minimum atomic E-state index is -0.276. The van der Waals surface area contributed by atoms with Crippen molar-refractivity contribution in [1.29, 1.82) is 0 Å². The zero-order chi connectivity index (χ0) is 16.2. The van der Waals surface area contributed by atoms with Gasteiger partial charge in [0.15, 0.2) is 0 Å². The van der Waals surface area contributed by atoms with Crippen LogP contribution in [0.15, 0.2) is 29.6 Å². The molecule has 2 aromatic rings. The van der Waals surface area contributed by atoms with Gasteiger partial charge in [0.2, 0.25) is 0 Å². The lowest BCUT2D eigenvalue weighted by atomic mass is 9.93. The third-order valence-electron chi connectivity index (χ3n) is 4.17. The van der Waals surface area contributed by atoms with E-state index in [-0.39, 0.29) is 18.7 Å². The van der Waals surface area contributed by atoms with Crippen molar-refractivity contribution < 1.29 is 9.90 Å². The first kappa shape index (κ1) is 16.0. The number of aliphatic hydroxyl groups excluding tert-OH is 1. The van der Waals surface area contributed by atoms with E-state index in [9.17, 15) is 9.90 Å². The number of rotatable bonds is 4. The molecular weight excluding hydrogens is 310 g/mol. The molecule has 1 aromatic heterocycles. The molecule has 1 unspecified atom stereocenters. The van der Waals surface area contributed by atoms with Gasteiger partial charge in [-0.15, -0.1) is 11.3 Å². The maximum Gasteiger partial charge on any atom is 0.318 e. The summed E-state index contributed by atoms with van der Waals surface area (Å²) in [6.45, 7) is 3.04. The molecule has 0 saturated carbocycles. The molecule has 1 aromatic carbocycles. The van der Waals surface area contributed by atoms with E-state index >= 15 is 0 Å². The normalized spacial score (nSPS) is 17.0. The van der Waals surface area contributed by atoms with Gasteiger partial charge in [-0.1, -0.05) is 31.2 Å². The first-order valence-corrected chi connectivity index (χ1v) is 8.77. The summed E-state index contributed by atoms with van der Waals surface area (Å²) in [6, 6.07) is 7.57. The van der Waals surface area contributed by atoms with E-state index in [0.717, 1.165) is 29.1 Å². The van der Waals surface area contributed by atoms with Crippen molar-refractivity contribution in [2.75, 3.05) is 13.2 Å². The van der Waals surface area contributed by atoms with Gasteiger partial charge in [0, 0.05) is 11.9 Å². The molecule has 6 heteroatoms. The largest absolute Gasteiger partial charge is 0.394 e. The number of carbonyl (C=O) groups excluding carboxylic acids is 1. The fourth-order valence-corrected chi connectivity index (χ4v) is 3.70. The van der Waals surface area contributed by atoms with Crippen molar-refractivity contribution in [3.8, 4) is 0 Å².